The van der Waals surface area contributed by atoms with Crippen LogP contribution in [0.5, 0.6) is 0 Å². The van der Waals surface area contributed by atoms with Crippen molar-refractivity contribution < 1.29 is 8.95 Å². The molecule has 2 rings (SSSR count). The third kappa shape index (κ3) is 5.10. The maximum Gasteiger partial charge on any atom is 0.119 e. The number of methoxy groups -OCH3 is 1. The predicted octanol–water partition coefficient (Wildman–Crippen LogP) is 1.22. The Bertz CT molecular complexity index is 467. The first kappa shape index (κ1) is 17.0. The summed E-state index contributed by atoms with van der Waals surface area (Å²) < 4.78 is 16.5. The van der Waals surface area contributed by atoms with Gasteiger partial charge < -0.3 is 10.1 Å². The molecule has 7 heteroatoms. The van der Waals surface area contributed by atoms with Gasteiger partial charge in [0, 0.05) is 66.5 Å². The first-order valence-corrected chi connectivity index (χ1v) is 9.61. The number of hydrogen-bond donors (Lipinski definition) is 1. The number of ether oxygens (including phenoxy) is 1. The minimum Gasteiger partial charge on any atom is -0.378 e. The highest BCUT2D eigenvalue weighted by Crippen LogP contribution is 2.16. The van der Waals surface area contributed by atoms with Crippen LogP contribution in [0.1, 0.15) is 24.5 Å². The molecule has 21 heavy (non-hydrogen) atoms. The molecular weight excluding hydrogens is 306 g/mol. The van der Waals surface area contributed by atoms with Crippen LogP contribution in [0.4, 0.5) is 0 Å². The predicted molar refractivity (Wildman–Crippen MR) is 88.1 cm³/mol. The van der Waals surface area contributed by atoms with Crippen LogP contribution in [0, 0.1) is 0 Å². The largest absolute Gasteiger partial charge is 0.378 e. The van der Waals surface area contributed by atoms with E-state index in [1.54, 1.807) is 18.4 Å². The monoisotopic (exact) mass is 331 g/mol. The molecule has 1 aliphatic rings. The Morgan fingerprint density at radius 1 is 1.48 bits per heavy atom. The van der Waals surface area contributed by atoms with E-state index in [9.17, 15) is 4.21 Å². The minimum atomic E-state index is -0.613. The third-order valence-electron chi connectivity index (χ3n) is 3.76. The van der Waals surface area contributed by atoms with Gasteiger partial charge in [0.25, 0.3) is 0 Å². The van der Waals surface area contributed by atoms with Gasteiger partial charge in [-0.3, -0.25) is 9.11 Å². The maximum atomic E-state index is 11.4. The highest BCUT2D eigenvalue weighted by Gasteiger charge is 2.29. The molecule has 1 saturated heterocycles. The van der Waals surface area contributed by atoms with Crippen LogP contribution in [0.15, 0.2) is 5.38 Å². The number of hydrogen-bond acceptors (Lipinski definition) is 6. The van der Waals surface area contributed by atoms with E-state index < -0.39 is 10.8 Å². The molecule has 5 nitrogen and oxygen atoms in total. The highest BCUT2D eigenvalue weighted by atomic mass is 32.2. The first-order valence-electron chi connectivity index (χ1n) is 7.24. The third-order valence-corrected chi connectivity index (χ3v) is 5.91. The molecule has 0 aliphatic carbocycles. The second-order valence-corrected chi connectivity index (χ2v) is 8.56. The lowest BCUT2D eigenvalue weighted by atomic mass is 10.0. The Kier molecular flexibility index (Phi) is 6.31. The number of thiazole rings is 1. The lowest BCUT2D eigenvalue weighted by Gasteiger charge is -2.40. The molecular formula is C14H25N3O2S2. The second kappa shape index (κ2) is 7.78. The minimum absolute atomic E-state index is 0.0794. The van der Waals surface area contributed by atoms with Gasteiger partial charge in [-0.1, -0.05) is 0 Å². The smallest absolute Gasteiger partial charge is 0.119 e. The van der Waals surface area contributed by atoms with E-state index in [2.05, 4.69) is 34.4 Å². The highest BCUT2D eigenvalue weighted by molar-refractivity contribution is 7.85. The Hall–Kier alpha value is -0.340. The van der Waals surface area contributed by atoms with Crippen molar-refractivity contribution in [3.63, 3.8) is 0 Å². The van der Waals surface area contributed by atoms with Crippen LogP contribution in [0.3, 0.4) is 0 Å². The fourth-order valence-electron chi connectivity index (χ4n) is 2.47. The number of nitrogens with zero attached hydrogens (tertiary/aromatic N) is 2. The van der Waals surface area contributed by atoms with Crippen LogP contribution in [0.2, 0.25) is 0 Å². The normalized spacial score (nSPS) is 18.2. The molecule has 1 aliphatic heterocycles. The van der Waals surface area contributed by atoms with E-state index in [1.165, 1.54) is 0 Å². The maximum absolute atomic E-state index is 11.4. The average molecular weight is 332 g/mol. The molecule has 0 radical (unpaired) electrons. The Balaban J connectivity index is 1.77. The number of nitrogens with one attached hydrogen (secondary N) is 1. The van der Waals surface area contributed by atoms with E-state index in [0.29, 0.717) is 6.61 Å². The molecule has 0 spiro atoms. The van der Waals surface area contributed by atoms with Crippen molar-refractivity contribution in [2.75, 3.05) is 38.2 Å². The van der Waals surface area contributed by atoms with Gasteiger partial charge in [-0.05, 0) is 13.8 Å². The molecule has 1 aromatic heterocycles. The number of aromatic nitrogens is 1. The summed E-state index contributed by atoms with van der Waals surface area (Å²) in [5.41, 5.74) is 1.15. The van der Waals surface area contributed by atoms with Crippen LogP contribution in [0.25, 0.3) is 0 Å². The SMILES string of the molecule is COCc1nc(CNCC(C)(C)N2CCS(=O)CC2)cs1. The van der Waals surface area contributed by atoms with Gasteiger partial charge in [0.1, 0.15) is 5.01 Å². The quantitative estimate of drug-likeness (QED) is 0.814. The van der Waals surface area contributed by atoms with E-state index >= 15 is 0 Å². The van der Waals surface area contributed by atoms with E-state index in [1.807, 2.05) is 0 Å². The van der Waals surface area contributed by atoms with Gasteiger partial charge in [-0.15, -0.1) is 11.3 Å². The van der Waals surface area contributed by atoms with Crippen molar-refractivity contribution >= 4 is 22.1 Å². The van der Waals surface area contributed by atoms with Crippen LogP contribution in [-0.2, 0) is 28.7 Å². The summed E-state index contributed by atoms with van der Waals surface area (Å²) in [5.74, 6) is 1.60. The fraction of sp³-hybridized carbons (Fsp3) is 0.786. The summed E-state index contributed by atoms with van der Waals surface area (Å²) in [6, 6.07) is 0. The zero-order chi connectivity index (χ0) is 15.3. The zero-order valence-electron chi connectivity index (χ0n) is 13.1. The van der Waals surface area contributed by atoms with Crippen LogP contribution < -0.4 is 5.32 Å². The Labute approximate surface area is 133 Å². The van der Waals surface area contributed by atoms with Crippen molar-refractivity contribution in [2.45, 2.75) is 32.5 Å². The summed E-state index contributed by atoms with van der Waals surface area (Å²) in [6.45, 7) is 8.60. The zero-order valence-corrected chi connectivity index (χ0v) is 14.7. The van der Waals surface area contributed by atoms with Gasteiger partial charge in [-0.25, -0.2) is 4.98 Å². The summed E-state index contributed by atoms with van der Waals surface area (Å²) in [4.78, 5) is 6.95. The van der Waals surface area contributed by atoms with Gasteiger partial charge in [-0.2, -0.15) is 0 Å². The number of rotatable bonds is 7. The van der Waals surface area contributed by atoms with Gasteiger partial charge in [0.05, 0.1) is 12.3 Å². The second-order valence-electron chi connectivity index (χ2n) is 5.92. The van der Waals surface area contributed by atoms with Crippen molar-refractivity contribution in [3.8, 4) is 0 Å². The molecule has 0 aromatic carbocycles. The lowest BCUT2D eigenvalue weighted by Crippen LogP contribution is -2.55. The van der Waals surface area contributed by atoms with Crippen LogP contribution in [-0.4, -0.2) is 57.9 Å². The van der Waals surface area contributed by atoms with E-state index in [0.717, 1.165) is 48.4 Å². The summed E-state index contributed by atoms with van der Waals surface area (Å²) in [5, 5.41) is 6.59. The van der Waals surface area contributed by atoms with Crippen molar-refractivity contribution in [1.29, 1.82) is 0 Å². The van der Waals surface area contributed by atoms with Gasteiger partial charge in [0.15, 0.2) is 0 Å². The molecule has 0 amide bonds. The molecule has 1 N–H and O–H groups in total. The molecule has 2 heterocycles. The summed E-state index contributed by atoms with van der Waals surface area (Å²) in [7, 11) is 1.07. The molecule has 1 aromatic rings. The molecule has 1 fully saturated rings. The van der Waals surface area contributed by atoms with Crippen molar-refractivity contribution in [3.05, 3.63) is 16.1 Å². The van der Waals surface area contributed by atoms with Crippen molar-refractivity contribution in [2.24, 2.45) is 0 Å². The molecule has 0 atom stereocenters. The van der Waals surface area contributed by atoms with Gasteiger partial charge >= 0.3 is 0 Å². The van der Waals surface area contributed by atoms with E-state index in [4.69, 9.17) is 4.74 Å². The van der Waals surface area contributed by atoms with Crippen LogP contribution >= 0.6 is 11.3 Å². The van der Waals surface area contributed by atoms with E-state index in [-0.39, 0.29) is 5.54 Å². The Morgan fingerprint density at radius 3 is 2.86 bits per heavy atom. The lowest BCUT2D eigenvalue weighted by molar-refractivity contribution is 0.130. The summed E-state index contributed by atoms with van der Waals surface area (Å²) in [6.07, 6.45) is 0. The molecule has 0 unspecified atom stereocenters. The average Bonchev–Trinajstić information content (AvgIpc) is 2.87. The standard InChI is InChI=1S/C14H25N3O2S2/c1-14(2,17-4-6-21(18)7-5-17)11-15-8-12-10-20-13(16-12)9-19-3/h10,15H,4-9,11H2,1-3H3. The molecule has 0 saturated carbocycles. The molecule has 120 valence electrons. The first-order chi connectivity index (χ1) is 10.0. The summed E-state index contributed by atoms with van der Waals surface area (Å²) >= 11 is 1.64. The topological polar surface area (TPSA) is 54.5 Å². The fourth-order valence-corrected chi connectivity index (χ4v) is 4.29. The molecule has 0 bridgehead atoms. The van der Waals surface area contributed by atoms with Gasteiger partial charge in [0.2, 0.25) is 0 Å². The van der Waals surface area contributed by atoms with Crippen molar-refractivity contribution in [1.82, 2.24) is 15.2 Å². The Morgan fingerprint density at radius 2 is 2.19 bits per heavy atom.